The summed E-state index contributed by atoms with van der Waals surface area (Å²) in [6, 6.07) is 11.6. The van der Waals surface area contributed by atoms with Crippen LogP contribution in [0.2, 0.25) is 0 Å². The number of nitrogens with two attached hydrogens (primary N) is 1. The second kappa shape index (κ2) is 6.28. The zero-order valence-corrected chi connectivity index (χ0v) is 13.3. The molecule has 0 aliphatic rings. The number of methoxy groups -OCH3 is 1. The lowest BCUT2D eigenvalue weighted by Gasteiger charge is -2.12. The molecule has 0 saturated heterocycles. The van der Waals surface area contributed by atoms with E-state index in [1.54, 1.807) is 12.1 Å². The molecule has 3 N–H and O–H groups in total. The Labute approximate surface area is 128 Å². The van der Waals surface area contributed by atoms with Crippen molar-refractivity contribution in [2.45, 2.75) is 9.79 Å². The van der Waals surface area contributed by atoms with Gasteiger partial charge >= 0.3 is 0 Å². The van der Waals surface area contributed by atoms with Crippen LogP contribution in [0.15, 0.2) is 52.3 Å². The molecule has 2 aromatic carbocycles. The molecule has 0 atom stereocenters. The molecule has 0 heterocycles. The third-order valence-electron chi connectivity index (χ3n) is 2.87. The van der Waals surface area contributed by atoms with E-state index < -0.39 is 10.0 Å². The van der Waals surface area contributed by atoms with Crippen LogP contribution in [-0.2, 0) is 10.0 Å². The maximum absolute atomic E-state index is 12.4. The van der Waals surface area contributed by atoms with Gasteiger partial charge < -0.3 is 10.5 Å². The highest BCUT2D eigenvalue weighted by atomic mass is 32.2. The van der Waals surface area contributed by atoms with Crippen LogP contribution in [0.3, 0.4) is 0 Å². The van der Waals surface area contributed by atoms with Gasteiger partial charge in [-0.05, 0) is 30.5 Å². The molecule has 0 unspecified atom stereocenters. The van der Waals surface area contributed by atoms with Gasteiger partial charge in [0, 0.05) is 11.0 Å². The van der Waals surface area contributed by atoms with Crippen molar-refractivity contribution in [2.75, 3.05) is 23.8 Å². The van der Waals surface area contributed by atoms with Gasteiger partial charge in [-0.15, -0.1) is 11.8 Å². The van der Waals surface area contributed by atoms with E-state index in [2.05, 4.69) is 4.72 Å². The number of hydrogen-bond donors (Lipinski definition) is 2. The predicted octanol–water partition coefficient (Wildman–Crippen LogP) is 2.80. The average Bonchev–Trinajstić information content (AvgIpc) is 2.47. The second-order valence-electron chi connectivity index (χ2n) is 4.21. The zero-order chi connectivity index (χ0) is 15.5. The smallest absolute Gasteiger partial charge is 0.262 e. The number of anilines is 2. The highest BCUT2D eigenvalue weighted by Gasteiger charge is 2.17. The van der Waals surface area contributed by atoms with Gasteiger partial charge in [0.2, 0.25) is 0 Å². The molecule has 0 aromatic heterocycles. The first kappa shape index (κ1) is 15.5. The van der Waals surface area contributed by atoms with Crippen molar-refractivity contribution in [1.29, 1.82) is 0 Å². The van der Waals surface area contributed by atoms with Crippen LogP contribution in [0.5, 0.6) is 5.75 Å². The molecule has 0 saturated carbocycles. The molecule has 5 nitrogen and oxygen atoms in total. The van der Waals surface area contributed by atoms with E-state index in [0.29, 0.717) is 17.1 Å². The Morgan fingerprint density at radius 1 is 1.19 bits per heavy atom. The molecular weight excluding hydrogens is 308 g/mol. The highest BCUT2D eigenvalue weighted by molar-refractivity contribution is 7.99. The topological polar surface area (TPSA) is 81.4 Å². The number of sulfonamides is 1. The van der Waals surface area contributed by atoms with Crippen LogP contribution in [-0.4, -0.2) is 21.8 Å². The van der Waals surface area contributed by atoms with E-state index in [1.165, 1.54) is 37.1 Å². The Morgan fingerprint density at radius 3 is 2.57 bits per heavy atom. The lowest BCUT2D eigenvalue weighted by Crippen LogP contribution is -2.13. The predicted molar refractivity (Wildman–Crippen MR) is 86.4 cm³/mol. The fourth-order valence-electron chi connectivity index (χ4n) is 1.79. The molecular formula is C14H16N2O3S2. The van der Waals surface area contributed by atoms with Gasteiger partial charge in [0.25, 0.3) is 10.0 Å². The number of hydrogen-bond acceptors (Lipinski definition) is 5. The Morgan fingerprint density at radius 2 is 1.90 bits per heavy atom. The van der Waals surface area contributed by atoms with Gasteiger partial charge in [-0.3, -0.25) is 4.72 Å². The summed E-state index contributed by atoms with van der Waals surface area (Å²) in [5.41, 5.74) is 6.63. The first-order chi connectivity index (χ1) is 9.97. The molecule has 7 heteroatoms. The fourth-order valence-corrected chi connectivity index (χ4v) is 3.50. The van der Waals surface area contributed by atoms with Crippen molar-refractivity contribution in [3.63, 3.8) is 0 Å². The Kier molecular flexibility index (Phi) is 4.64. The second-order valence-corrected chi connectivity index (χ2v) is 6.74. The number of rotatable bonds is 5. The van der Waals surface area contributed by atoms with Crippen LogP contribution >= 0.6 is 11.8 Å². The maximum atomic E-state index is 12.4. The molecule has 0 amide bonds. The van der Waals surface area contributed by atoms with Gasteiger partial charge in [0.15, 0.2) is 0 Å². The summed E-state index contributed by atoms with van der Waals surface area (Å²) in [6.45, 7) is 0. The number of benzene rings is 2. The SMILES string of the molecule is COc1cc(S(=O)(=O)Nc2ccccc2SC)ccc1N. The Hall–Kier alpha value is -1.86. The van der Waals surface area contributed by atoms with Crippen molar-refractivity contribution < 1.29 is 13.2 Å². The number of para-hydroxylation sites is 1. The van der Waals surface area contributed by atoms with Gasteiger partial charge in [0.05, 0.1) is 23.4 Å². The minimum Gasteiger partial charge on any atom is -0.495 e. The van der Waals surface area contributed by atoms with Crippen LogP contribution in [0.1, 0.15) is 0 Å². The summed E-state index contributed by atoms with van der Waals surface area (Å²) in [6.07, 6.45) is 1.89. The summed E-state index contributed by atoms with van der Waals surface area (Å²) in [4.78, 5) is 0.952. The Bertz CT molecular complexity index is 746. The lowest BCUT2D eigenvalue weighted by atomic mass is 10.3. The van der Waals surface area contributed by atoms with Crippen molar-refractivity contribution in [3.05, 3.63) is 42.5 Å². The monoisotopic (exact) mass is 324 g/mol. The molecule has 2 aromatic rings. The van der Waals surface area contributed by atoms with E-state index in [1.807, 2.05) is 18.4 Å². The van der Waals surface area contributed by atoms with Crippen LogP contribution in [0, 0.1) is 0 Å². The van der Waals surface area contributed by atoms with Gasteiger partial charge in [-0.2, -0.15) is 0 Å². The van der Waals surface area contributed by atoms with E-state index in [0.717, 1.165) is 4.90 Å². The quantitative estimate of drug-likeness (QED) is 0.653. The lowest BCUT2D eigenvalue weighted by molar-refractivity contribution is 0.415. The first-order valence-corrected chi connectivity index (χ1v) is 8.78. The minimum atomic E-state index is -3.69. The summed E-state index contributed by atoms with van der Waals surface area (Å²) < 4.78 is 32.5. The molecule has 0 spiro atoms. The van der Waals surface area contributed by atoms with Crippen LogP contribution in [0.4, 0.5) is 11.4 Å². The van der Waals surface area contributed by atoms with E-state index in [4.69, 9.17) is 10.5 Å². The van der Waals surface area contributed by atoms with E-state index >= 15 is 0 Å². The van der Waals surface area contributed by atoms with E-state index in [9.17, 15) is 8.42 Å². The molecule has 2 rings (SSSR count). The largest absolute Gasteiger partial charge is 0.495 e. The average molecular weight is 324 g/mol. The fraction of sp³-hybridized carbons (Fsp3) is 0.143. The normalized spacial score (nSPS) is 11.1. The molecule has 0 aliphatic carbocycles. The summed E-state index contributed by atoms with van der Waals surface area (Å²) in [7, 11) is -2.25. The molecule has 112 valence electrons. The standard InChI is InChI=1S/C14H16N2O3S2/c1-19-13-9-10(7-8-11(13)15)21(17,18)16-12-5-3-4-6-14(12)20-2/h3-9,16H,15H2,1-2H3. The highest BCUT2D eigenvalue weighted by Crippen LogP contribution is 2.29. The molecule has 0 bridgehead atoms. The van der Waals surface area contributed by atoms with Gasteiger partial charge in [-0.1, -0.05) is 12.1 Å². The van der Waals surface area contributed by atoms with Crippen molar-refractivity contribution in [2.24, 2.45) is 0 Å². The molecule has 0 fully saturated rings. The summed E-state index contributed by atoms with van der Waals surface area (Å²) in [5, 5.41) is 0. The summed E-state index contributed by atoms with van der Waals surface area (Å²) >= 11 is 1.47. The number of thioether (sulfide) groups is 1. The zero-order valence-electron chi connectivity index (χ0n) is 11.7. The molecule has 0 aliphatic heterocycles. The third kappa shape index (κ3) is 3.43. The Balaban J connectivity index is 2.38. The van der Waals surface area contributed by atoms with Crippen molar-refractivity contribution >= 4 is 33.2 Å². The van der Waals surface area contributed by atoms with Crippen LogP contribution in [0.25, 0.3) is 0 Å². The minimum absolute atomic E-state index is 0.101. The van der Waals surface area contributed by atoms with E-state index in [-0.39, 0.29) is 4.90 Å². The molecule has 0 radical (unpaired) electrons. The maximum Gasteiger partial charge on any atom is 0.262 e. The van der Waals surface area contributed by atoms with Crippen LogP contribution < -0.4 is 15.2 Å². The van der Waals surface area contributed by atoms with Crippen molar-refractivity contribution in [1.82, 2.24) is 0 Å². The van der Waals surface area contributed by atoms with Crippen molar-refractivity contribution in [3.8, 4) is 5.75 Å². The summed E-state index contributed by atoms with van der Waals surface area (Å²) in [5.74, 6) is 0.330. The van der Waals surface area contributed by atoms with Gasteiger partial charge in [-0.25, -0.2) is 8.42 Å². The first-order valence-electron chi connectivity index (χ1n) is 6.07. The number of ether oxygens (including phenoxy) is 1. The number of nitrogens with one attached hydrogen (secondary N) is 1. The number of nitrogen functional groups attached to an aromatic ring is 1. The molecule has 21 heavy (non-hydrogen) atoms. The third-order valence-corrected chi connectivity index (χ3v) is 5.03. The van der Waals surface area contributed by atoms with Gasteiger partial charge in [0.1, 0.15) is 5.75 Å².